The van der Waals surface area contributed by atoms with Crippen LogP contribution in [0, 0.1) is 0 Å². The molecule has 36 heavy (non-hydrogen) atoms. The van der Waals surface area contributed by atoms with Crippen LogP contribution < -0.4 is 20.1 Å². The molecule has 0 radical (unpaired) electrons. The van der Waals surface area contributed by atoms with Crippen molar-refractivity contribution in [1.29, 1.82) is 0 Å². The van der Waals surface area contributed by atoms with Gasteiger partial charge in [-0.3, -0.25) is 9.59 Å². The van der Waals surface area contributed by atoms with E-state index in [0.29, 0.717) is 34.0 Å². The Morgan fingerprint density at radius 3 is 1.64 bits per heavy atom. The molecule has 0 aromatic heterocycles. The summed E-state index contributed by atoms with van der Waals surface area (Å²) < 4.78 is 11.0. The van der Waals surface area contributed by atoms with Gasteiger partial charge in [0.05, 0.1) is 25.6 Å². The van der Waals surface area contributed by atoms with Crippen molar-refractivity contribution in [2.75, 3.05) is 24.9 Å². The summed E-state index contributed by atoms with van der Waals surface area (Å²) >= 11 is 0. The maximum absolute atomic E-state index is 13.5. The fraction of sp³-hybridized carbons (Fsp3) is 0.0667. The summed E-state index contributed by atoms with van der Waals surface area (Å²) in [5.41, 5.74) is 3.50. The molecule has 0 atom stereocenters. The molecule has 0 unspecified atom stereocenters. The summed E-state index contributed by atoms with van der Waals surface area (Å²) in [4.78, 5) is 26.2. The average molecular weight is 479 g/mol. The van der Waals surface area contributed by atoms with Gasteiger partial charge in [0.2, 0.25) is 0 Å². The summed E-state index contributed by atoms with van der Waals surface area (Å²) in [6.07, 6.45) is 1.84. The number of methoxy groups -OCH3 is 2. The van der Waals surface area contributed by atoms with Crippen LogP contribution in [0.1, 0.15) is 21.5 Å². The van der Waals surface area contributed by atoms with E-state index in [9.17, 15) is 9.59 Å². The second-order valence-corrected chi connectivity index (χ2v) is 7.86. The van der Waals surface area contributed by atoms with Crippen molar-refractivity contribution in [2.45, 2.75) is 0 Å². The first kappa shape index (κ1) is 24.3. The van der Waals surface area contributed by atoms with Crippen molar-refractivity contribution < 1.29 is 19.1 Å². The van der Waals surface area contributed by atoms with E-state index in [1.54, 1.807) is 36.4 Å². The lowest BCUT2D eigenvalue weighted by Crippen LogP contribution is -2.16. The van der Waals surface area contributed by atoms with Gasteiger partial charge in [0.25, 0.3) is 11.8 Å². The van der Waals surface area contributed by atoms with Gasteiger partial charge in [-0.15, -0.1) is 0 Å². The van der Waals surface area contributed by atoms with Gasteiger partial charge in [-0.25, -0.2) is 0 Å². The predicted molar refractivity (Wildman–Crippen MR) is 143 cm³/mol. The van der Waals surface area contributed by atoms with Gasteiger partial charge in [-0.1, -0.05) is 78.9 Å². The van der Waals surface area contributed by atoms with E-state index < -0.39 is 0 Å². The minimum Gasteiger partial charge on any atom is -0.494 e. The number of amides is 2. The molecule has 0 saturated heterocycles. The molecule has 0 spiro atoms. The minimum atomic E-state index is -0.313. The van der Waals surface area contributed by atoms with Gasteiger partial charge < -0.3 is 20.1 Å². The first-order chi connectivity index (χ1) is 17.6. The number of anilines is 2. The van der Waals surface area contributed by atoms with Crippen LogP contribution in [0.5, 0.6) is 11.5 Å². The van der Waals surface area contributed by atoms with Crippen LogP contribution in [0.15, 0.2) is 103 Å². The number of ether oxygens (including phenoxy) is 2. The standard InChI is InChI=1S/C30H26N2O4/c1-35-27-20-26(28(36-2)19-25(27)31-29(33)23-16-10-5-11-17-23)32-30(34)24(22-14-8-4-9-15-22)18-21-12-6-3-7-13-21/h3-20H,1-2H3,(H,31,33)(H,32,34). The zero-order valence-electron chi connectivity index (χ0n) is 20.0. The van der Waals surface area contributed by atoms with Crippen LogP contribution in [0.2, 0.25) is 0 Å². The van der Waals surface area contributed by atoms with E-state index >= 15 is 0 Å². The van der Waals surface area contributed by atoms with Crippen LogP contribution in [-0.2, 0) is 4.79 Å². The Kier molecular flexibility index (Phi) is 7.78. The van der Waals surface area contributed by atoms with Crippen LogP contribution >= 0.6 is 0 Å². The van der Waals surface area contributed by atoms with Crippen LogP contribution in [0.25, 0.3) is 11.6 Å². The number of hydrogen-bond acceptors (Lipinski definition) is 4. The topological polar surface area (TPSA) is 76.7 Å². The number of benzene rings is 4. The van der Waals surface area contributed by atoms with E-state index in [1.165, 1.54) is 14.2 Å². The largest absolute Gasteiger partial charge is 0.494 e. The molecule has 6 heteroatoms. The number of hydrogen-bond donors (Lipinski definition) is 2. The maximum Gasteiger partial charge on any atom is 0.256 e. The third-order valence-corrected chi connectivity index (χ3v) is 5.49. The molecule has 0 aliphatic heterocycles. The van der Waals surface area contributed by atoms with Crippen molar-refractivity contribution in [3.05, 3.63) is 120 Å². The zero-order valence-corrected chi connectivity index (χ0v) is 20.0. The van der Waals surface area contributed by atoms with Crippen molar-refractivity contribution in [3.63, 3.8) is 0 Å². The van der Waals surface area contributed by atoms with Gasteiger partial charge in [0.15, 0.2) is 0 Å². The molecule has 0 aliphatic carbocycles. The Bertz CT molecular complexity index is 1370. The average Bonchev–Trinajstić information content (AvgIpc) is 2.93. The Hall–Kier alpha value is -4.84. The van der Waals surface area contributed by atoms with Crippen LogP contribution in [-0.4, -0.2) is 26.0 Å². The van der Waals surface area contributed by atoms with Crippen LogP contribution in [0.4, 0.5) is 11.4 Å². The van der Waals surface area contributed by atoms with Gasteiger partial charge in [-0.2, -0.15) is 0 Å². The van der Waals surface area contributed by atoms with Gasteiger partial charge in [-0.05, 0) is 29.3 Å². The molecule has 4 aromatic carbocycles. The van der Waals surface area contributed by atoms with Gasteiger partial charge >= 0.3 is 0 Å². The van der Waals surface area contributed by atoms with Crippen LogP contribution in [0.3, 0.4) is 0 Å². The third kappa shape index (κ3) is 5.80. The SMILES string of the molecule is COc1cc(NC(=O)c2ccccc2)c(OC)cc1NC(=O)C(=Cc1ccccc1)c1ccccc1. The highest BCUT2D eigenvalue weighted by molar-refractivity contribution is 6.29. The molecule has 2 amide bonds. The highest BCUT2D eigenvalue weighted by Crippen LogP contribution is 2.37. The first-order valence-electron chi connectivity index (χ1n) is 11.3. The molecule has 4 rings (SSSR count). The number of nitrogens with one attached hydrogen (secondary N) is 2. The Balaban J connectivity index is 1.66. The summed E-state index contributed by atoms with van der Waals surface area (Å²) in [6, 6.07) is 31.2. The molecule has 180 valence electrons. The zero-order chi connectivity index (χ0) is 25.3. The number of carbonyl (C=O) groups excluding carboxylic acids is 2. The van der Waals surface area contributed by atoms with E-state index in [-0.39, 0.29) is 11.8 Å². The molecule has 0 heterocycles. The summed E-state index contributed by atoms with van der Waals surface area (Å²) in [6.45, 7) is 0. The lowest BCUT2D eigenvalue weighted by molar-refractivity contribution is -0.111. The van der Waals surface area contributed by atoms with Crippen molar-refractivity contribution in [1.82, 2.24) is 0 Å². The molecule has 0 bridgehead atoms. The Morgan fingerprint density at radius 1 is 0.639 bits per heavy atom. The monoisotopic (exact) mass is 478 g/mol. The number of rotatable bonds is 8. The molecule has 4 aromatic rings. The Morgan fingerprint density at radius 2 is 1.11 bits per heavy atom. The van der Waals surface area contributed by atoms with Gasteiger partial charge in [0, 0.05) is 23.3 Å². The van der Waals surface area contributed by atoms with Crippen molar-refractivity contribution in [3.8, 4) is 11.5 Å². The highest BCUT2D eigenvalue weighted by Gasteiger charge is 2.18. The maximum atomic E-state index is 13.5. The van der Waals surface area contributed by atoms with E-state index in [0.717, 1.165) is 11.1 Å². The highest BCUT2D eigenvalue weighted by atomic mass is 16.5. The molecular weight excluding hydrogens is 452 g/mol. The van der Waals surface area contributed by atoms with Crippen molar-refractivity contribution >= 4 is 34.8 Å². The molecule has 0 aliphatic rings. The molecule has 6 nitrogen and oxygen atoms in total. The summed E-state index contributed by atoms with van der Waals surface area (Å²) in [5.74, 6) is 0.152. The fourth-order valence-corrected chi connectivity index (χ4v) is 3.68. The first-order valence-corrected chi connectivity index (χ1v) is 11.3. The molecule has 0 fully saturated rings. The smallest absolute Gasteiger partial charge is 0.256 e. The van der Waals surface area contributed by atoms with E-state index in [2.05, 4.69) is 10.6 Å². The van der Waals surface area contributed by atoms with E-state index in [1.807, 2.05) is 72.8 Å². The normalized spacial score (nSPS) is 10.9. The quantitative estimate of drug-likeness (QED) is 0.236. The lowest BCUT2D eigenvalue weighted by atomic mass is 10.0. The molecule has 0 saturated carbocycles. The summed E-state index contributed by atoms with van der Waals surface area (Å²) in [7, 11) is 2.99. The molecular formula is C30H26N2O4. The van der Waals surface area contributed by atoms with E-state index in [4.69, 9.17) is 9.47 Å². The Labute approximate surface area is 210 Å². The summed E-state index contributed by atoms with van der Waals surface area (Å²) in [5, 5.41) is 5.79. The van der Waals surface area contributed by atoms with Crippen molar-refractivity contribution in [2.24, 2.45) is 0 Å². The number of carbonyl (C=O) groups is 2. The third-order valence-electron chi connectivity index (χ3n) is 5.49. The molecule has 2 N–H and O–H groups in total. The second kappa shape index (κ2) is 11.5. The minimum absolute atomic E-state index is 0.287. The predicted octanol–water partition coefficient (Wildman–Crippen LogP) is 6.14. The second-order valence-electron chi connectivity index (χ2n) is 7.86. The fourth-order valence-electron chi connectivity index (χ4n) is 3.68. The van der Waals surface area contributed by atoms with Gasteiger partial charge in [0.1, 0.15) is 11.5 Å². The lowest BCUT2D eigenvalue weighted by Gasteiger charge is -2.17.